The molecule has 0 saturated heterocycles. The maximum absolute atomic E-state index is 12.0. The highest BCUT2D eigenvalue weighted by atomic mass is 16.2. The van der Waals surface area contributed by atoms with Gasteiger partial charge in [0.1, 0.15) is 11.8 Å². The fourth-order valence-electron chi connectivity index (χ4n) is 1.70. The van der Waals surface area contributed by atoms with E-state index >= 15 is 0 Å². The number of carbonyl (C=O) groups excluding carboxylic acids is 2. The molecule has 1 aromatic heterocycles. The monoisotopic (exact) mass is 311 g/mol. The molecule has 0 aliphatic carbocycles. The summed E-state index contributed by atoms with van der Waals surface area (Å²) in [5.74, 6) is -1.41. The van der Waals surface area contributed by atoms with Crippen LogP contribution in [0.25, 0.3) is 0 Å². The van der Waals surface area contributed by atoms with Crippen LogP contribution in [0, 0.1) is 18.3 Å². The Balaban J connectivity index is 2.14. The van der Waals surface area contributed by atoms with E-state index in [1.165, 1.54) is 6.33 Å². The van der Waals surface area contributed by atoms with Gasteiger partial charge in [0.25, 0.3) is 11.8 Å². The number of hydrogen-bond donors (Lipinski definition) is 4. The zero-order valence-electron chi connectivity index (χ0n) is 12.1. The van der Waals surface area contributed by atoms with Crippen LogP contribution in [0.3, 0.4) is 0 Å². The minimum absolute atomic E-state index is 0.00893. The Hall–Kier alpha value is -3.67. The highest BCUT2D eigenvalue weighted by molar-refractivity contribution is 6.48. The number of imidazole rings is 1. The SMILES string of the molecule is Cc1ccccc1NC(=O)/C(C#N)=N\Nc1nc[nH]c1C(N)=O. The van der Waals surface area contributed by atoms with Crippen molar-refractivity contribution in [3.63, 3.8) is 0 Å². The number of primary amides is 1. The van der Waals surface area contributed by atoms with Crippen molar-refractivity contribution in [3.8, 4) is 6.07 Å². The molecule has 5 N–H and O–H groups in total. The average molecular weight is 311 g/mol. The van der Waals surface area contributed by atoms with E-state index in [-0.39, 0.29) is 11.5 Å². The molecule has 0 unspecified atom stereocenters. The van der Waals surface area contributed by atoms with Crippen LogP contribution in [0.1, 0.15) is 16.1 Å². The lowest BCUT2D eigenvalue weighted by Crippen LogP contribution is -2.23. The van der Waals surface area contributed by atoms with E-state index in [1.54, 1.807) is 18.2 Å². The number of nitrogens with zero attached hydrogens (tertiary/aromatic N) is 3. The first-order valence-corrected chi connectivity index (χ1v) is 6.47. The second-order valence-corrected chi connectivity index (χ2v) is 4.44. The van der Waals surface area contributed by atoms with Gasteiger partial charge in [-0.05, 0) is 18.6 Å². The number of H-pyrrole nitrogens is 1. The van der Waals surface area contributed by atoms with Gasteiger partial charge in [-0.15, -0.1) is 0 Å². The van der Waals surface area contributed by atoms with Gasteiger partial charge in [0.05, 0.1) is 6.33 Å². The fourth-order valence-corrected chi connectivity index (χ4v) is 1.70. The summed E-state index contributed by atoms with van der Waals surface area (Å²) in [4.78, 5) is 29.5. The van der Waals surface area contributed by atoms with Gasteiger partial charge in [-0.3, -0.25) is 15.0 Å². The minimum Gasteiger partial charge on any atom is -0.364 e. The molecule has 0 aliphatic rings. The summed E-state index contributed by atoms with van der Waals surface area (Å²) in [5, 5.41) is 15.3. The number of aryl methyl sites for hydroxylation is 1. The summed E-state index contributed by atoms with van der Waals surface area (Å²) in [6.07, 6.45) is 1.23. The number of aromatic nitrogens is 2. The van der Waals surface area contributed by atoms with Gasteiger partial charge in [0.2, 0.25) is 5.71 Å². The lowest BCUT2D eigenvalue weighted by molar-refractivity contribution is -0.110. The number of benzene rings is 1. The lowest BCUT2D eigenvalue weighted by Gasteiger charge is -2.06. The normalized spacial score (nSPS) is 10.7. The molecule has 0 atom stereocenters. The first-order chi connectivity index (χ1) is 11.0. The highest BCUT2D eigenvalue weighted by Gasteiger charge is 2.14. The van der Waals surface area contributed by atoms with E-state index in [0.717, 1.165) is 5.56 Å². The molecule has 2 rings (SSSR count). The third-order valence-corrected chi connectivity index (χ3v) is 2.87. The molecular formula is C14H13N7O2. The lowest BCUT2D eigenvalue weighted by atomic mass is 10.2. The van der Waals surface area contributed by atoms with Crippen LogP contribution in [-0.4, -0.2) is 27.5 Å². The molecule has 116 valence electrons. The number of anilines is 2. The van der Waals surface area contributed by atoms with E-state index in [1.807, 2.05) is 19.1 Å². The van der Waals surface area contributed by atoms with E-state index in [4.69, 9.17) is 11.0 Å². The predicted molar refractivity (Wildman–Crippen MR) is 83.6 cm³/mol. The van der Waals surface area contributed by atoms with Crippen LogP contribution in [0.15, 0.2) is 35.7 Å². The van der Waals surface area contributed by atoms with Gasteiger partial charge >= 0.3 is 0 Å². The van der Waals surface area contributed by atoms with Gasteiger partial charge < -0.3 is 16.0 Å². The van der Waals surface area contributed by atoms with E-state index in [9.17, 15) is 9.59 Å². The molecule has 0 saturated carbocycles. The van der Waals surface area contributed by atoms with Crippen molar-refractivity contribution in [2.75, 3.05) is 10.7 Å². The number of aromatic amines is 1. The van der Waals surface area contributed by atoms with Crippen molar-refractivity contribution in [1.29, 1.82) is 5.26 Å². The zero-order chi connectivity index (χ0) is 16.8. The van der Waals surface area contributed by atoms with Crippen LogP contribution in [-0.2, 0) is 4.79 Å². The van der Waals surface area contributed by atoms with Crippen molar-refractivity contribution >= 4 is 29.0 Å². The molecular weight excluding hydrogens is 298 g/mol. The maximum Gasteiger partial charge on any atom is 0.287 e. The summed E-state index contributed by atoms with van der Waals surface area (Å²) in [6, 6.07) is 8.78. The van der Waals surface area contributed by atoms with Crippen LogP contribution in [0.4, 0.5) is 11.5 Å². The molecule has 0 bridgehead atoms. The number of nitriles is 1. The quantitative estimate of drug-likeness (QED) is 0.474. The van der Waals surface area contributed by atoms with Crippen molar-refractivity contribution < 1.29 is 9.59 Å². The summed E-state index contributed by atoms with van der Waals surface area (Å²) in [5.41, 5.74) is 8.48. The van der Waals surface area contributed by atoms with Crippen molar-refractivity contribution in [3.05, 3.63) is 41.9 Å². The van der Waals surface area contributed by atoms with Gasteiger partial charge in [-0.25, -0.2) is 4.98 Å². The highest BCUT2D eigenvalue weighted by Crippen LogP contribution is 2.13. The van der Waals surface area contributed by atoms with Gasteiger partial charge in [-0.2, -0.15) is 10.4 Å². The van der Waals surface area contributed by atoms with Crippen LogP contribution >= 0.6 is 0 Å². The number of carbonyl (C=O) groups is 2. The Bertz CT molecular complexity index is 817. The van der Waals surface area contributed by atoms with E-state index in [0.29, 0.717) is 5.69 Å². The second-order valence-electron chi connectivity index (χ2n) is 4.44. The molecule has 0 fully saturated rings. The van der Waals surface area contributed by atoms with Gasteiger partial charge in [0.15, 0.2) is 5.82 Å². The van der Waals surface area contributed by atoms with Crippen molar-refractivity contribution in [1.82, 2.24) is 9.97 Å². The predicted octanol–water partition coefficient (Wildman–Crippen LogP) is 0.747. The Kier molecular flexibility index (Phi) is 4.69. The molecule has 23 heavy (non-hydrogen) atoms. The first kappa shape index (κ1) is 15.7. The van der Waals surface area contributed by atoms with E-state index in [2.05, 4.69) is 25.8 Å². The number of amides is 2. The third kappa shape index (κ3) is 3.70. The molecule has 9 heteroatoms. The first-order valence-electron chi connectivity index (χ1n) is 6.47. The summed E-state index contributed by atoms with van der Waals surface area (Å²) in [7, 11) is 0. The average Bonchev–Trinajstić information content (AvgIpc) is 2.99. The van der Waals surface area contributed by atoms with Crippen LogP contribution in [0.5, 0.6) is 0 Å². The molecule has 9 nitrogen and oxygen atoms in total. The Morgan fingerprint density at radius 2 is 2.13 bits per heavy atom. The molecule has 0 spiro atoms. The van der Waals surface area contributed by atoms with Crippen molar-refractivity contribution in [2.45, 2.75) is 6.92 Å². The number of hydrazone groups is 1. The zero-order valence-corrected chi connectivity index (χ0v) is 12.1. The maximum atomic E-state index is 12.0. The minimum atomic E-state index is -0.747. The Morgan fingerprint density at radius 3 is 2.78 bits per heavy atom. The molecule has 0 radical (unpaired) electrons. The summed E-state index contributed by atoms with van der Waals surface area (Å²) < 4.78 is 0. The number of para-hydroxylation sites is 1. The Labute approximate surface area is 131 Å². The summed E-state index contributed by atoms with van der Waals surface area (Å²) >= 11 is 0. The van der Waals surface area contributed by atoms with Gasteiger partial charge in [-0.1, -0.05) is 18.2 Å². The smallest absolute Gasteiger partial charge is 0.287 e. The van der Waals surface area contributed by atoms with Crippen LogP contribution < -0.4 is 16.5 Å². The Morgan fingerprint density at radius 1 is 1.39 bits per heavy atom. The summed E-state index contributed by atoms with van der Waals surface area (Å²) in [6.45, 7) is 1.82. The molecule has 1 heterocycles. The molecule has 0 aliphatic heterocycles. The van der Waals surface area contributed by atoms with E-state index < -0.39 is 17.5 Å². The largest absolute Gasteiger partial charge is 0.364 e. The number of hydrogen-bond acceptors (Lipinski definition) is 6. The molecule has 2 aromatic rings. The van der Waals surface area contributed by atoms with Gasteiger partial charge in [0, 0.05) is 5.69 Å². The molecule has 2 amide bonds. The number of nitrogens with one attached hydrogen (secondary N) is 3. The fraction of sp³-hybridized carbons (Fsp3) is 0.0714. The second kappa shape index (κ2) is 6.86. The topological polar surface area (TPSA) is 149 Å². The third-order valence-electron chi connectivity index (χ3n) is 2.87. The van der Waals surface area contributed by atoms with Crippen LogP contribution in [0.2, 0.25) is 0 Å². The molecule has 1 aromatic carbocycles. The number of nitrogens with two attached hydrogens (primary N) is 1. The van der Waals surface area contributed by atoms with Crippen molar-refractivity contribution in [2.24, 2.45) is 10.8 Å². The number of rotatable bonds is 5. The standard InChI is InChI=1S/C14H13N7O2/c1-8-4-2-3-5-9(8)19-14(23)10(6-15)20-21-13-11(12(16)22)17-7-18-13/h2-5,7,21H,1H3,(H2,16,22)(H,17,18)(H,19,23)/b20-10-.